The van der Waals surface area contributed by atoms with Crippen molar-refractivity contribution in [2.45, 2.75) is 12.8 Å². The number of carbonyl (C=O) groups is 1. The van der Waals surface area contributed by atoms with E-state index in [4.69, 9.17) is 0 Å². The van der Waals surface area contributed by atoms with E-state index in [1.807, 2.05) is 30.3 Å². The van der Waals surface area contributed by atoms with Crippen molar-refractivity contribution in [2.24, 2.45) is 5.92 Å². The molecule has 3 rings (SSSR count). The lowest BCUT2D eigenvalue weighted by Crippen LogP contribution is -2.05. The Morgan fingerprint density at radius 1 is 1.31 bits per heavy atom. The summed E-state index contributed by atoms with van der Waals surface area (Å²) in [5.74, 6) is 0.391. The van der Waals surface area contributed by atoms with E-state index < -0.39 is 0 Å². The van der Waals surface area contributed by atoms with Crippen LogP contribution < -0.4 is 0 Å². The van der Waals surface area contributed by atoms with Crippen LogP contribution in [0.3, 0.4) is 0 Å². The Morgan fingerprint density at radius 2 is 2.06 bits per heavy atom. The molecule has 1 aromatic carbocycles. The minimum Gasteiger partial charge on any atom is -0.292 e. The molecule has 1 saturated carbocycles. The van der Waals surface area contributed by atoms with Crippen LogP contribution in [0, 0.1) is 5.92 Å². The fourth-order valence-electron chi connectivity index (χ4n) is 1.80. The maximum absolute atomic E-state index is 12.0. The molecule has 16 heavy (non-hydrogen) atoms. The number of pyridine rings is 1. The quantitative estimate of drug-likeness (QED) is 0.784. The summed E-state index contributed by atoms with van der Waals surface area (Å²) in [6.45, 7) is 0. The first-order valence-electron chi connectivity index (χ1n) is 5.35. The maximum Gasteiger partial charge on any atom is 0.185 e. The Kier molecular flexibility index (Phi) is 2.28. The van der Waals surface area contributed by atoms with Crippen LogP contribution in [0.15, 0.2) is 34.8 Å². The average molecular weight is 276 g/mol. The van der Waals surface area contributed by atoms with Crippen LogP contribution >= 0.6 is 15.9 Å². The van der Waals surface area contributed by atoms with Gasteiger partial charge in [0, 0.05) is 15.8 Å². The molecule has 3 heteroatoms. The number of ketones is 1. The summed E-state index contributed by atoms with van der Waals surface area (Å²) in [7, 11) is 0. The molecule has 2 nitrogen and oxygen atoms in total. The number of nitrogens with zero attached hydrogens (tertiary/aromatic N) is 1. The molecule has 0 spiro atoms. The van der Waals surface area contributed by atoms with Gasteiger partial charge in [-0.25, -0.2) is 4.98 Å². The van der Waals surface area contributed by atoms with Crippen LogP contribution in [0.2, 0.25) is 0 Å². The molecule has 80 valence electrons. The Hall–Kier alpha value is -1.22. The van der Waals surface area contributed by atoms with Gasteiger partial charge in [-0.1, -0.05) is 18.2 Å². The summed E-state index contributed by atoms with van der Waals surface area (Å²) in [6.07, 6.45) is 2.03. The van der Waals surface area contributed by atoms with E-state index in [2.05, 4.69) is 20.9 Å². The number of hydrogen-bond acceptors (Lipinski definition) is 2. The molecule has 0 radical (unpaired) electrons. The standard InChI is InChI=1S/C13H10BrNO/c14-10-7-9-3-1-2-4-11(9)15-12(10)13(16)8-5-6-8/h1-4,7-8H,5-6H2. The second kappa shape index (κ2) is 3.67. The van der Waals surface area contributed by atoms with Crippen LogP contribution in [-0.4, -0.2) is 10.8 Å². The molecule has 0 saturated heterocycles. The summed E-state index contributed by atoms with van der Waals surface area (Å²) in [5, 5.41) is 1.06. The zero-order valence-corrected chi connectivity index (χ0v) is 10.2. The van der Waals surface area contributed by atoms with Gasteiger partial charge in [0.15, 0.2) is 5.78 Å². The monoisotopic (exact) mass is 275 g/mol. The largest absolute Gasteiger partial charge is 0.292 e. The molecule has 0 N–H and O–H groups in total. The highest BCUT2D eigenvalue weighted by Crippen LogP contribution is 2.34. The smallest absolute Gasteiger partial charge is 0.185 e. The second-order valence-corrected chi connectivity index (χ2v) is 5.00. The average Bonchev–Trinajstić information content (AvgIpc) is 3.11. The van der Waals surface area contributed by atoms with E-state index in [0.717, 1.165) is 28.2 Å². The van der Waals surface area contributed by atoms with E-state index in [0.29, 0.717) is 5.69 Å². The number of rotatable bonds is 2. The van der Waals surface area contributed by atoms with Crippen LogP contribution in [0.25, 0.3) is 10.9 Å². The zero-order valence-electron chi connectivity index (χ0n) is 8.61. The summed E-state index contributed by atoms with van der Waals surface area (Å²) in [5.41, 5.74) is 1.47. The topological polar surface area (TPSA) is 30.0 Å². The van der Waals surface area contributed by atoms with Crippen molar-refractivity contribution >= 4 is 32.6 Å². The van der Waals surface area contributed by atoms with E-state index in [1.54, 1.807) is 0 Å². The van der Waals surface area contributed by atoms with Gasteiger partial charge in [-0.2, -0.15) is 0 Å². The Balaban J connectivity index is 2.17. The first-order valence-corrected chi connectivity index (χ1v) is 6.14. The molecule has 0 atom stereocenters. The molecule has 0 unspecified atom stereocenters. The SMILES string of the molecule is O=C(c1nc2ccccc2cc1Br)C1CC1. The molecule has 1 fully saturated rings. The minimum atomic E-state index is 0.178. The van der Waals surface area contributed by atoms with E-state index in [1.165, 1.54) is 0 Å². The third-order valence-electron chi connectivity index (χ3n) is 2.86. The lowest BCUT2D eigenvalue weighted by atomic mass is 10.1. The van der Waals surface area contributed by atoms with Gasteiger partial charge in [0.05, 0.1) is 5.52 Å². The van der Waals surface area contributed by atoms with Crippen molar-refractivity contribution in [1.29, 1.82) is 0 Å². The van der Waals surface area contributed by atoms with Gasteiger partial charge in [0.2, 0.25) is 0 Å². The molecular formula is C13H10BrNO. The normalized spacial score (nSPS) is 15.3. The predicted molar refractivity (Wildman–Crippen MR) is 66.5 cm³/mol. The molecule has 1 aromatic heterocycles. The van der Waals surface area contributed by atoms with Gasteiger partial charge < -0.3 is 0 Å². The minimum absolute atomic E-state index is 0.178. The number of carbonyl (C=O) groups excluding carboxylic acids is 1. The molecular weight excluding hydrogens is 266 g/mol. The number of fused-ring (bicyclic) bond motifs is 1. The first-order chi connectivity index (χ1) is 7.75. The van der Waals surface area contributed by atoms with Crippen LogP contribution in [-0.2, 0) is 0 Å². The molecule has 0 bridgehead atoms. The Labute approximate surface area is 102 Å². The van der Waals surface area contributed by atoms with Crippen molar-refractivity contribution in [1.82, 2.24) is 4.98 Å². The van der Waals surface area contributed by atoms with Gasteiger partial charge >= 0.3 is 0 Å². The highest BCUT2D eigenvalue weighted by molar-refractivity contribution is 9.10. The summed E-state index contributed by atoms with van der Waals surface area (Å²) in [4.78, 5) is 16.4. The molecule has 0 aliphatic heterocycles. The molecule has 1 heterocycles. The number of halogens is 1. The van der Waals surface area contributed by atoms with Crippen molar-refractivity contribution in [3.63, 3.8) is 0 Å². The van der Waals surface area contributed by atoms with Gasteiger partial charge in [-0.15, -0.1) is 0 Å². The highest BCUT2D eigenvalue weighted by Gasteiger charge is 2.32. The Bertz CT molecular complexity index is 575. The van der Waals surface area contributed by atoms with Crippen molar-refractivity contribution in [3.05, 3.63) is 40.5 Å². The van der Waals surface area contributed by atoms with Crippen LogP contribution in [0.4, 0.5) is 0 Å². The Morgan fingerprint density at radius 3 is 2.81 bits per heavy atom. The lowest BCUT2D eigenvalue weighted by molar-refractivity contribution is 0.0962. The summed E-state index contributed by atoms with van der Waals surface area (Å²) < 4.78 is 0.808. The number of benzene rings is 1. The van der Waals surface area contributed by atoms with Gasteiger partial charge in [0.25, 0.3) is 0 Å². The first kappa shape index (κ1) is 9.97. The van der Waals surface area contributed by atoms with Gasteiger partial charge in [-0.05, 0) is 40.9 Å². The third kappa shape index (κ3) is 1.65. The van der Waals surface area contributed by atoms with Crippen molar-refractivity contribution < 1.29 is 4.79 Å². The zero-order chi connectivity index (χ0) is 11.1. The van der Waals surface area contributed by atoms with Crippen molar-refractivity contribution in [3.8, 4) is 0 Å². The second-order valence-electron chi connectivity index (χ2n) is 4.15. The summed E-state index contributed by atoms with van der Waals surface area (Å²) in [6, 6.07) is 9.81. The lowest BCUT2D eigenvalue weighted by Gasteiger charge is -2.04. The molecule has 2 aromatic rings. The molecule has 0 amide bonds. The number of Topliss-reactive ketones (excluding diaryl/α,β-unsaturated/α-hetero) is 1. The third-order valence-corrected chi connectivity index (χ3v) is 3.46. The van der Waals surface area contributed by atoms with Gasteiger partial charge in [-0.3, -0.25) is 4.79 Å². The fourth-order valence-corrected chi connectivity index (χ4v) is 2.33. The molecule has 1 aliphatic rings. The van der Waals surface area contributed by atoms with Crippen molar-refractivity contribution in [2.75, 3.05) is 0 Å². The highest BCUT2D eigenvalue weighted by atomic mass is 79.9. The van der Waals surface area contributed by atoms with Crippen LogP contribution in [0.5, 0.6) is 0 Å². The number of para-hydroxylation sites is 1. The predicted octanol–water partition coefficient (Wildman–Crippen LogP) is 3.59. The van der Waals surface area contributed by atoms with E-state index >= 15 is 0 Å². The number of aromatic nitrogens is 1. The fraction of sp³-hybridized carbons (Fsp3) is 0.231. The van der Waals surface area contributed by atoms with E-state index in [9.17, 15) is 4.79 Å². The van der Waals surface area contributed by atoms with Gasteiger partial charge in [0.1, 0.15) is 5.69 Å². The molecule has 1 aliphatic carbocycles. The van der Waals surface area contributed by atoms with Crippen LogP contribution in [0.1, 0.15) is 23.3 Å². The maximum atomic E-state index is 12.0. The number of hydrogen-bond donors (Lipinski definition) is 0. The summed E-state index contributed by atoms with van der Waals surface area (Å²) >= 11 is 3.43. The van der Waals surface area contributed by atoms with E-state index in [-0.39, 0.29) is 11.7 Å².